The van der Waals surface area contributed by atoms with Crippen LogP contribution < -0.4 is 4.74 Å². The molecule has 1 aliphatic heterocycles. The number of Topliss-reactive ketones (excluding diaryl/α,β-unsaturated/α-hetero) is 1. The number of hydrogen-bond acceptors (Lipinski definition) is 5. The molecule has 0 unspecified atom stereocenters. The fourth-order valence-electron chi connectivity index (χ4n) is 3.98. The van der Waals surface area contributed by atoms with E-state index in [4.69, 9.17) is 16.3 Å². The van der Waals surface area contributed by atoms with Crippen molar-refractivity contribution in [1.29, 1.82) is 0 Å². The van der Waals surface area contributed by atoms with Crippen molar-refractivity contribution in [2.24, 2.45) is 0 Å². The van der Waals surface area contributed by atoms with Gasteiger partial charge in [0.05, 0.1) is 24.5 Å². The van der Waals surface area contributed by atoms with Crippen LogP contribution in [-0.2, 0) is 16.1 Å². The Hall–Kier alpha value is -3.58. The molecule has 7 nitrogen and oxygen atoms in total. The van der Waals surface area contributed by atoms with Crippen LogP contribution in [0.1, 0.15) is 30.5 Å². The van der Waals surface area contributed by atoms with Crippen LogP contribution in [0.4, 0.5) is 0 Å². The Balaban J connectivity index is 1.71. The molecule has 1 aromatic heterocycles. The number of ketones is 1. The van der Waals surface area contributed by atoms with Gasteiger partial charge in [-0.05, 0) is 55.3 Å². The van der Waals surface area contributed by atoms with Crippen LogP contribution in [0.25, 0.3) is 5.76 Å². The average molecular weight is 466 g/mol. The zero-order valence-electron chi connectivity index (χ0n) is 18.1. The molecule has 0 radical (unpaired) electrons. The largest absolute Gasteiger partial charge is 0.507 e. The highest BCUT2D eigenvalue weighted by Gasteiger charge is 2.45. The fourth-order valence-corrected chi connectivity index (χ4v) is 4.10. The van der Waals surface area contributed by atoms with Gasteiger partial charge in [0.15, 0.2) is 0 Å². The Morgan fingerprint density at radius 3 is 2.45 bits per heavy atom. The molecule has 170 valence electrons. The summed E-state index contributed by atoms with van der Waals surface area (Å²) in [6.45, 7) is 3.42. The number of imidazole rings is 1. The Labute approximate surface area is 196 Å². The summed E-state index contributed by atoms with van der Waals surface area (Å²) in [4.78, 5) is 31.6. The molecule has 1 amide bonds. The molecule has 8 heteroatoms. The zero-order chi connectivity index (χ0) is 23.4. The summed E-state index contributed by atoms with van der Waals surface area (Å²) in [5.41, 5.74) is 1.21. The molecular weight excluding hydrogens is 442 g/mol. The van der Waals surface area contributed by atoms with Gasteiger partial charge in [-0.25, -0.2) is 4.98 Å². The number of hydrogen-bond donors (Lipinski definition) is 1. The van der Waals surface area contributed by atoms with Gasteiger partial charge < -0.3 is 19.3 Å². The lowest BCUT2D eigenvalue weighted by atomic mass is 9.95. The number of nitrogens with zero attached hydrogens (tertiary/aromatic N) is 3. The topological polar surface area (TPSA) is 84.7 Å². The van der Waals surface area contributed by atoms with E-state index in [2.05, 4.69) is 4.98 Å². The number of benzene rings is 2. The average Bonchev–Trinajstić information content (AvgIpc) is 3.42. The van der Waals surface area contributed by atoms with E-state index in [-0.39, 0.29) is 11.3 Å². The Morgan fingerprint density at radius 1 is 1.09 bits per heavy atom. The number of halogens is 1. The first-order valence-corrected chi connectivity index (χ1v) is 11.1. The molecule has 0 saturated carbocycles. The third-order valence-electron chi connectivity index (χ3n) is 5.54. The van der Waals surface area contributed by atoms with Crippen LogP contribution in [0.3, 0.4) is 0 Å². The highest BCUT2D eigenvalue weighted by atomic mass is 35.5. The maximum atomic E-state index is 13.1. The summed E-state index contributed by atoms with van der Waals surface area (Å²) in [5, 5.41) is 11.6. The highest BCUT2D eigenvalue weighted by molar-refractivity contribution is 6.46. The van der Waals surface area contributed by atoms with E-state index >= 15 is 0 Å². The molecule has 4 rings (SSSR count). The van der Waals surface area contributed by atoms with Gasteiger partial charge in [-0.15, -0.1) is 0 Å². The smallest absolute Gasteiger partial charge is 0.295 e. The number of aryl methyl sites for hydroxylation is 1. The van der Waals surface area contributed by atoms with Crippen LogP contribution >= 0.6 is 11.6 Å². The van der Waals surface area contributed by atoms with Gasteiger partial charge in [-0.1, -0.05) is 23.7 Å². The standard InChI is InChI=1S/C25H24ClN3O4/c1-2-33-20-10-6-17(7-11-20)22-21(23(30)18-4-8-19(26)9-5-18)24(31)25(32)29(22)14-3-13-28-15-12-27-16-28/h4-12,15-16,22,30H,2-3,13-14H2,1H3/b23-21+/t22-/m1/s1. The second-order valence-corrected chi connectivity index (χ2v) is 8.09. The number of aliphatic hydroxyl groups is 1. The van der Waals surface area contributed by atoms with E-state index < -0.39 is 17.7 Å². The van der Waals surface area contributed by atoms with Crippen LogP contribution in [0.15, 0.2) is 72.8 Å². The molecule has 0 spiro atoms. The number of likely N-dealkylation sites (tertiary alicyclic amines) is 1. The zero-order valence-corrected chi connectivity index (χ0v) is 18.9. The number of ether oxygens (including phenoxy) is 1. The molecular formula is C25H24ClN3O4. The van der Waals surface area contributed by atoms with Gasteiger partial charge in [-0.3, -0.25) is 9.59 Å². The SMILES string of the molecule is CCOc1ccc([C@@H]2/C(=C(\O)c3ccc(Cl)cc3)C(=O)C(=O)N2CCCn2ccnc2)cc1. The molecule has 0 bridgehead atoms. The second-order valence-electron chi connectivity index (χ2n) is 7.66. The van der Waals surface area contributed by atoms with E-state index in [9.17, 15) is 14.7 Å². The van der Waals surface area contributed by atoms with Crippen molar-refractivity contribution < 1.29 is 19.4 Å². The molecule has 1 N–H and O–H groups in total. The van der Waals surface area contributed by atoms with Crippen LogP contribution in [0, 0.1) is 0 Å². The van der Waals surface area contributed by atoms with E-state index in [1.165, 1.54) is 4.90 Å². The minimum atomic E-state index is -0.709. The molecule has 2 aromatic carbocycles. The molecule has 2 heterocycles. The van der Waals surface area contributed by atoms with E-state index in [0.717, 1.165) is 5.56 Å². The maximum Gasteiger partial charge on any atom is 0.295 e. The number of rotatable bonds is 8. The first-order chi connectivity index (χ1) is 16.0. The predicted molar refractivity (Wildman–Crippen MR) is 125 cm³/mol. The maximum absolute atomic E-state index is 13.1. The number of carbonyl (C=O) groups is 2. The van der Waals surface area contributed by atoms with Gasteiger partial charge >= 0.3 is 0 Å². The Bertz CT molecular complexity index is 1160. The number of amides is 1. The first kappa shape index (κ1) is 22.6. The van der Waals surface area contributed by atoms with Crippen molar-refractivity contribution in [3.8, 4) is 5.75 Å². The molecule has 1 saturated heterocycles. The molecule has 1 atom stereocenters. The number of aliphatic hydroxyl groups excluding tert-OH is 1. The summed E-state index contributed by atoms with van der Waals surface area (Å²) in [6, 6.07) is 13.0. The monoisotopic (exact) mass is 465 g/mol. The number of aromatic nitrogens is 2. The molecule has 1 aliphatic rings. The van der Waals surface area contributed by atoms with Crippen molar-refractivity contribution in [1.82, 2.24) is 14.5 Å². The summed E-state index contributed by atoms with van der Waals surface area (Å²) in [7, 11) is 0. The Kier molecular flexibility index (Phi) is 6.79. The lowest BCUT2D eigenvalue weighted by Gasteiger charge is -2.25. The van der Waals surface area contributed by atoms with Gasteiger partial charge in [0.2, 0.25) is 0 Å². The lowest BCUT2D eigenvalue weighted by Crippen LogP contribution is -2.31. The van der Waals surface area contributed by atoms with Crippen LogP contribution in [0.2, 0.25) is 5.02 Å². The van der Waals surface area contributed by atoms with Crippen molar-refractivity contribution >= 4 is 29.1 Å². The molecule has 33 heavy (non-hydrogen) atoms. The minimum absolute atomic E-state index is 0.0640. The predicted octanol–water partition coefficient (Wildman–Crippen LogP) is 4.45. The fraction of sp³-hybridized carbons (Fsp3) is 0.240. The second kappa shape index (κ2) is 9.92. The molecule has 3 aromatic rings. The summed E-state index contributed by atoms with van der Waals surface area (Å²) < 4.78 is 7.44. The van der Waals surface area contributed by atoms with Crippen molar-refractivity contribution in [2.45, 2.75) is 25.9 Å². The van der Waals surface area contributed by atoms with E-state index in [0.29, 0.717) is 42.5 Å². The van der Waals surface area contributed by atoms with Crippen LogP contribution in [-0.4, -0.2) is 44.4 Å². The van der Waals surface area contributed by atoms with E-state index in [1.54, 1.807) is 48.9 Å². The summed E-state index contributed by atoms with van der Waals surface area (Å²) in [6.07, 6.45) is 5.87. The van der Waals surface area contributed by atoms with Crippen LogP contribution in [0.5, 0.6) is 5.75 Å². The summed E-state index contributed by atoms with van der Waals surface area (Å²) >= 11 is 5.97. The van der Waals surface area contributed by atoms with Crippen molar-refractivity contribution in [3.05, 3.63) is 89.0 Å². The van der Waals surface area contributed by atoms with Crippen molar-refractivity contribution in [2.75, 3.05) is 13.2 Å². The van der Waals surface area contributed by atoms with Crippen molar-refractivity contribution in [3.63, 3.8) is 0 Å². The van der Waals surface area contributed by atoms with Gasteiger partial charge in [0.25, 0.3) is 11.7 Å². The normalized spacial score (nSPS) is 17.5. The molecule has 1 fully saturated rings. The Morgan fingerprint density at radius 2 is 1.82 bits per heavy atom. The third kappa shape index (κ3) is 4.78. The quantitative estimate of drug-likeness (QED) is 0.302. The van der Waals surface area contributed by atoms with Gasteiger partial charge in [0.1, 0.15) is 11.5 Å². The minimum Gasteiger partial charge on any atom is -0.507 e. The highest BCUT2D eigenvalue weighted by Crippen LogP contribution is 2.40. The van der Waals surface area contributed by atoms with Gasteiger partial charge in [0, 0.05) is 36.1 Å². The van der Waals surface area contributed by atoms with Gasteiger partial charge in [-0.2, -0.15) is 0 Å². The number of carbonyl (C=O) groups excluding carboxylic acids is 2. The van der Waals surface area contributed by atoms with E-state index in [1.807, 2.05) is 29.8 Å². The first-order valence-electron chi connectivity index (χ1n) is 10.7. The summed E-state index contributed by atoms with van der Waals surface area (Å²) in [5.74, 6) is -0.865. The third-order valence-corrected chi connectivity index (χ3v) is 5.79. The molecule has 0 aliphatic carbocycles. The lowest BCUT2D eigenvalue weighted by molar-refractivity contribution is -0.139.